The van der Waals surface area contributed by atoms with Gasteiger partial charge in [0.25, 0.3) is 5.56 Å². The molecular weight excluding hydrogens is 429 g/mol. The molecule has 0 radical (unpaired) electrons. The fourth-order valence-electron chi connectivity index (χ4n) is 2.39. The van der Waals surface area contributed by atoms with E-state index in [1.54, 1.807) is 24.3 Å². The summed E-state index contributed by atoms with van der Waals surface area (Å²) in [6.45, 7) is 0. The molecule has 27 heavy (non-hydrogen) atoms. The minimum Gasteiger partial charge on any atom is -0.502 e. The van der Waals surface area contributed by atoms with Crippen molar-refractivity contribution in [2.75, 3.05) is 0 Å². The van der Waals surface area contributed by atoms with E-state index in [1.807, 2.05) is 0 Å². The van der Waals surface area contributed by atoms with Crippen molar-refractivity contribution in [3.63, 3.8) is 0 Å². The summed E-state index contributed by atoms with van der Waals surface area (Å²) in [6.07, 6.45) is -3.39. The molecule has 0 aliphatic carbocycles. The standard InChI is InChI=1S/C18H12BrF3N2O3/c1-24-16(23-9-14(25)17(24)26)10-3-2-4-12(7-10)27-15-6-5-11(8-13(15)19)18(20,21)22/h2-9,25H,1H3. The van der Waals surface area contributed by atoms with Crippen LogP contribution in [0.3, 0.4) is 0 Å². The zero-order valence-corrected chi connectivity index (χ0v) is 15.4. The SMILES string of the molecule is Cn1c(-c2cccc(Oc3ccc(C(F)(F)F)cc3Br)c2)ncc(O)c1=O. The zero-order chi connectivity index (χ0) is 19.8. The topological polar surface area (TPSA) is 64.3 Å². The second-order valence-corrected chi connectivity index (χ2v) is 6.46. The van der Waals surface area contributed by atoms with Gasteiger partial charge in [0.05, 0.1) is 16.2 Å². The smallest absolute Gasteiger partial charge is 0.416 e. The highest BCUT2D eigenvalue weighted by atomic mass is 79.9. The minimum atomic E-state index is -4.45. The fourth-order valence-corrected chi connectivity index (χ4v) is 2.85. The van der Waals surface area contributed by atoms with Crippen molar-refractivity contribution in [3.05, 3.63) is 69.1 Å². The summed E-state index contributed by atoms with van der Waals surface area (Å²) in [7, 11) is 1.46. The fraction of sp³-hybridized carbons (Fsp3) is 0.111. The first-order chi connectivity index (χ1) is 12.7. The van der Waals surface area contributed by atoms with Gasteiger partial charge < -0.3 is 9.84 Å². The van der Waals surface area contributed by atoms with Crippen LogP contribution in [-0.4, -0.2) is 14.7 Å². The van der Waals surface area contributed by atoms with Crippen LogP contribution in [0.15, 0.2) is 57.9 Å². The van der Waals surface area contributed by atoms with E-state index in [1.165, 1.54) is 17.7 Å². The number of rotatable bonds is 3. The second-order valence-electron chi connectivity index (χ2n) is 5.60. The molecule has 0 aliphatic rings. The quantitative estimate of drug-likeness (QED) is 0.639. The first-order valence-electron chi connectivity index (χ1n) is 7.57. The lowest BCUT2D eigenvalue weighted by Crippen LogP contribution is -2.18. The van der Waals surface area contributed by atoms with Gasteiger partial charge >= 0.3 is 6.18 Å². The number of hydrogen-bond acceptors (Lipinski definition) is 4. The Bertz CT molecular complexity index is 1060. The average Bonchev–Trinajstić information content (AvgIpc) is 2.61. The molecule has 1 N–H and O–H groups in total. The predicted octanol–water partition coefficient (Wildman–Crippen LogP) is 4.73. The molecule has 9 heteroatoms. The Labute approximate surface area is 159 Å². The van der Waals surface area contributed by atoms with Crippen LogP contribution in [0.5, 0.6) is 17.2 Å². The van der Waals surface area contributed by atoms with Crippen LogP contribution in [-0.2, 0) is 13.2 Å². The van der Waals surface area contributed by atoms with Gasteiger partial charge in [0, 0.05) is 12.6 Å². The van der Waals surface area contributed by atoms with E-state index in [2.05, 4.69) is 20.9 Å². The average molecular weight is 441 g/mol. The monoisotopic (exact) mass is 440 g/mol. The third-order valence-electron chi connectivity index (χ3n) is 3.73. The van der Waals surface area contributed by atoms with Crippen LogP contribution in [0, 0.1) is 0 Å². The molecule has 0 saturated carbocycles. The summed E-state index contributed by atoms with van der Waals surface area (Å²) >= 11 is 3.08. The van der Waals surface area contributed by atoms with Gasteiger partial charge in [-0.15, -0.1) is 0 Å². The largest absolute Gasteiger partial charge is 0.502 e. The van der Waals surface area contributed by atoms with E-state index in [4.69, 9.17) is 4.74 Å². The zero-order valence-electron chi connectivity index (χ0n) is 13.8. The molecule has 1 heterocycles. The summed E-state index contributed by atoms with van der Waals surface area (Å²) < 4.78 is 45.2. The Morgan fingerprint density at radius 2 is 1.93 bits per heavy atom. The van der Waals surface area contributed by atoms with E-state index in [-0.39, 0.29) is 10.2 Å². The Morgan fingerprint density at radius 3 is 2.59 bits per heavy atom. The van der Waals surface area contributed by atoms with Gasteiger partial charge in [-0.05, 0) is 46.3 Å². The molecule has 1 aromatic heterocycles. The Kier molecular flexibility index (Phi) is 4.97. The van der Waals surface area contributed by atoms with Crippen molar-refractivity contribution in [3.8, 4) is 28.6 Å². The van der Waals surface area contributed by atoms with Gasteiger partial charge in [-0.1, -0.05) is 12.1 Å². The number of halogens is 4. The second kappa shape index (κ2) is 7.07. The van der Waals surface area contributed by atoms with Crippen LogP contribution in [0.25, 0.3) is 11.4 Å². The van der Waals surface area contributed by atoms with Crippen molar-refractivity contribution < 1.29 is 23.0 Å². The lowest BCUT2D eigenvalue weighted by atomic mass is 10.2. The van der Waals surface area contributed by atoms with Gasteiger partial charge in [0.1, 0.15) is 17.3 Å². The third-order valence-corrected chi connectivity index (χ3v) is 4.35. The lowest BCUT2D eigenvalue weighted by molar-refractivity contribution is -0.137. The Morgan fingerprint density at radius 1 is 1.19 bits per heavy atom. The number of alkyl halides is 3. The Balaban J connectivity index is 1.94. The van der Waals surface area contributed by atoms with Crippen LogP contribution < -0.4 is 10.3 Å². The third kappa shape index (κ3) is 3.97. The highest BCUT2D eigenvalue weighted by Crippen LogP contribution is 2.37. The van der Waals surface area contributed by atoms with Crippen LogP contribution in [0.4, 0.5) is 13.2 Å². The predicted molar refractivity (Wildman–Crippen MR) is 95.8 cm³/mol. The van der Waals surface area contributed by atoms with Gasteiger partial charge in [-0.3, -0.25) is 9.36 Å². The summed E-state index contributed by atoms with van der Waals surface area (Å²) in [5.41, 5.74) is -0.856. The molecule has 0 bridgehead atoms. The molecule has 140 valence electrons. The number of hydrogen-bond donors (Lipinski definition) is 1. The van der Waals surface area contributed by atoms with Gasteiger partial charge in [-0.25, -0.2) is 4.98 Å². The van der Waals surface area contributed by atoms with E-state index < -0.39 is 23.0 Å². The van der Waals surface area contributed by atoms with Gasteiger partial charge in [0.15, 0.2) is 5.75 Å². The number of ether oxygens (including phenoxy) is 1. The van der Waals surface area contributed by atoms with Crippen molar-refractivity contribution in [1.29, 1.82) is 0 Å². The molecule has 5 nitrogen and oxygen atoms in total. The number of benzene rings is 2. The van der Waals surface area contributed by atoms with Gasteiger partial charge in [-0.2, -0.15) is 13.2 Å². The maximum Gasteiger partial charge on any atom is 0.416 e. The first kappa shape index (κ1) is 19.0. The molecular formula is C18H12BrF3N2O3. The number of nitrogens with zero attached hydrogens (tertiary/aromatic N) is 2. The van der Waals surface area contributed by atoms with Crippen LogP contribution >= 0.6 is 15.9 Å². The normalized spacial score (nSPS) is 11.4. The first-order valence-corrected chi connectivity index (χ1v) is 8.36. The molecule has 0 atom stereocenters. The molecule has 3 aromatic rings. The van der Waals surface area contributed by atoms with Crippen LogP contribution in [0.2, 0.25) is 0 Å². The van der Waals surface area contributed by atoms with Crippen LogP contribution in [0.1, 0.15) is 5.56 Å². The van der Waals surface area contributed by atoms with E-state index >= 15 is 0 Å². The van der Waals surface area contributed by atoms with E-state index in [0.29, 0.717) is 17.1 Å². The molecule has 0 saturated heterocycles. The minimum absolute atomic E-state index is 0.151. The molecule has 0 spiro atoms. The van der Waals surface area contributed by atoms with Crippen molar-refractivity contribution in [1.82, 2.24) is 9.55 Å². The molecule has 2 aromatic carbocycles. The number of aromatic hydroxyl groups is 1. The maximum absolute atomic E-state index is 12.8. The van der Waals surface area contributed by atoms with Gasteiger partial charge in [0.2, 0.25) is 0 Å². The number of aromatic nitrogens is 2. The van der Waals surface area contributed by atoms with Crippen molar-refractivity contribution in [2.45, 2.75) is 6.18 Å². The molecule has 0 unspecified atom stereocenters. The van der Waals surface area contributed by atoms with E-state index in [0.717, 1.165) is 18.3 Å². The highest BCUT2D eigenvalue weighted by Gasteiger charge is 2.31. The highest BCUT2D eigenvalue weighted by molar-refractivity contribution is 9.10. The summed E-state index contributed by atoms with van der Waals surface area (Å²) in [4.78, 5) is 15.9. The maximum atomic E-state index is 12.8. The molecule has 0 amide bonds. The van der Waals surface area contributed by atoms with E-state index in [9.17, 15) is 23.1 Å². The molecule has 0 aliphatic heterocycles. The van der Waals surface area contributed by atoms with Crippen molar-refractivity contribution in [2.24, 2.45) is 7.05 Å². The molecule has 0 fully saturated rings. The lowest BCUT2D eigenvalue weighted by Gasteiger charge is -2.12. The van der Waals surface area contributed by atoms with Crippen molar-refractivity contribution >= 4 is 15.9 Å². The molecule has 3 rings (SSSR count). The summed E-state index contributed by atoms with van der Waals surface area (Å²) in [5.74, 6) is 0.375. The Hall–Kier alpha value is -2.81. The summed E-state index contributed by atoms with van der Waals surface area (Å²) in [5, 5.41) is 9.43. The summed E-state index contributed by atoms with van der Waals surface area (Å²) in [6, 6.07) is 9.62.